The Hall–Kier alpha value is -1.66. The normalized spacial score (nSPS) is 25.5. The molecule has 0 aliphatic carbocycles. The number of aryl methyl sites for hydroxylation is 1. The molecule has 0 bridgehead atoms. The molecule has 2 atom stereocenters. The third kappa shape index (κ3) is 4.01. The number of likely N-dealkylation sites (tertiary alicyclic amines) is 1. The first kappa shape index (κ1) is 17.7. The number of hydrogen-bond acceptors (Lipinski definition) is 5. The Labute approximate surface area is 155 Å². The zero-order valence-electron chi connectivity index (χ0n) is 15.4. The van der Waals surface area contributed by atoms with Crippen molar-refractivity contribution in [1.82, 2.24) is 9.80 Å². The molecule has 2 aliphatic heterocycles. The third-order valence-corrected chi connectivity index (χ3v) is 5.50. The highest BCUT2D eigenvalue weighted by molar-refractivity contribution is 5.58. The van der Waals surface area contributed by atoms with Crippen LogP contribution in [0.25, 0.3) is 11.3 Å². The van der Waals surface area contributed by atoms with Crippen LogP contribution in [-0.2, 0) is 11.3 Å². The number of aliphatic hydroxyl groups is 1. The molecule has 140 valence electrons. The highest BCUT2D eigenvalue weighted by Gasteiger charge is 2.32. The minimum atomic E-state index is -0.294. The minimum Gasteiger partial charge on any atom is -0.461 e. The molecule has 2 fully saturated rings. The fraction of sp³-hybridized carbons (Fsp3) is 0.524. The summed E-state index contributed by atoms with van der Waals surface area (Å²) >= 11 is 0. The van der Waals surface area contributed by atoms with E-state index < -0.39 is 0 Å². The van der Waals surface area contributed by atoms with Crippen molar-refractivity contribution in [3.63, 3.8) is 0 Å². The summed E-state index contributed by atoms with van der Waals surface area (Å²) < 4.78 is 11.2. The van der Waals surface area contributed by atoms with Gasteiger partial charge in [0.2, 0.25) is 0 Å². The van der Waals surface area contributed by atoms with Gasteiger partial charge in [-0.15, -0.1) is 0 Å². The van der Waals surface area contributed by atoms with Gasteiger partial charge in [-0.25, -0.2) is 0 Å². The molecule has 5 heteroatoms. The lowest BCUT2D eigenvalue weighted by atomic mass is 9.98. The molecule has 1 aromatic heterocycles. The molecule has 0 unspecified atom stereocenters. The molecular weight excluding hydrogens is 328 g/mol. The lowest BCUT2D eigenvalue weighted by molar-refractivity contribution is -0.0534. The maximum Gasteiger partial charge on any atom is 0.134 e. The van der Waals surface area contributed by atoms with Gasteiger partial charge in [-0.3, -0.25) is 9.80 Å². The van der Waals surface area contributed by atoms with Gasteiger partial charge in [-0.05, 0) is 37.1 Å². The van der Waals surface area contributed by atoms with E-state index >= 15 is 0 Å². The second kappa shape index (κ2) is 7.92. The molecule has 2 aliphatic rings. The molecule has 0 amide bonds. The fourth-order valence-electron chi connectivity index (χ4n) is 4.13. The van der Waals surface area contributed by atoms with Crippen LogP contribution in [0.1, 0.15) is 17.7 Å². The van der Waals surface area contributed by atoms with Crippen molar-refractivity contribution in [3.8, 4) is 11.3 Å². The van der Waals surface area contributed by atoms with Crippen LogP contribution in [0.5, 0.6) is 0 Å². The summed E-state index contributed by atoms with van der Waals surface area (Å²) in [5, 5.41) is 10.7. The molecule has 1 N–H and O–H groups in total. The first-order valence-corrected chi connectivity index (χ1v) is 9.57. The molecule has 0 radical (unpaired) electrons. The maximum atomic E-state index is 10.7. The van der Waals surface area contributed by atoms with Gasteiger partial charge in [0, 0.05) is 44.3 Å². The first-order chi connectivity index (χ1) is 12.7. The van der Waals surface area contributed by atoms with E-state index in [0.29, 0.717) is 0 Å². The van der Waals surface area contributed by atoms with E-state index in [1.54, 1.807) is 0 Å². The summed E-state index contributed by atoms with van der Waals surface area (Å²) in [4.78, 5) is 4.75. The fourth-order valence-corrected chi connectivity index (χ4v) is 4.13. The Kier molecular flexibility index (Phi) is 5.41. The van der Waals surface area contributed by atoms with Crippen molar-refractivity contribution in [2.24, 2.45) is 0 Å². The van der Waals surface area contributed by atoms with Gasteiger partial charge in [-0.2, -0.15) is 0 Å². The van der Waals surface area contributed by atoms with Crippen molar-refractivity contribution >= 4 is 0 Å². The van der Waals surface area contributed by atoms with Crippen LogP contribution in [0.15, 0.2) is 40.8 Å². The maximum absolute atomic E-state index is 10.7. The predicted octanol–water partition coefficient (Wildman–Crippen LogP) is 2.52. The Morgan fingerprint density at radius 3 is 2.69 bits per heavy atom. The molecule has 0 saturated carbocycles. The molecule has 3 heterocycles. The van der Waals surface area contributed by atoms with E-state index in [-0.39, 0.29) is 12.1 Å². The number of piperidine rings is 1. The molecular formula is C21H28N2O3. The van der Waals surface area contributed by atoms with Crippen molar-refractivity contribution in [1.29, 1.82) is 0 Å². The largest absolute Gasteiger partial charge is 0.461 e. The quantitative estimate of drug-likeness (QED) is 0.912. The van der Waals surface area contributed by atoms with E-state index in [9.17, 15) is 5.11 Å². The van der Waals surface area contributed by atoms with E-state index in [4.69, 9.17) is 9.15 Å². The Balaban J connectivity index is 1.38. The van der Waals surface area contributed by atoms with Gasteiger partial charge in [0.15, 0.2) is 0 Å². The number of β-amino-alcohol motifs (C(OH)–C–C–N with tert-alkyl or cyclic N) is 1. The van der Waals surface area contributed by atoms with Gasteiger partial charge in [0.1, 0.15) is 11.5 Å². The molecule has 0 spiro atoms. The van der Waals surface area contributed by atoms with Gasteiger partial charge < -0.3 is 14.3 Å². The highest BCUT2D eigenvalue weighted by Crippen LogP contribution is 2.25. The lowest BCUT2D eigenvalue weighted by Crippen LogP contribution is -2.56. The van der Waals surface area contributed by atoms with Crippen LogP contribution in [-0.4, -0.2) is 66.4 Å². The van der Waals surface area contributed by atoms with Crippen molar-refractivity contribution in [2.75, 3.05) is 39.4 Å². The predicted molar refractivity (Wildman–Crippen MR) is 101 cm³/mol. The molecule has 5 nitrogen and oxygen atoms in total. The monoisotopic (exact) mass is 356 g/mol. The lowest BCUT2D eigenvalue weighted by Gasteiger charge is -2.43. The average molecular weight is 356 g/mol. The number of nitrogens with zero attached hydrogens (tertiary/aromatic N) is 2. The molecule has 26 heavy (non-hydrogen) atoms. The van der Waals surface area contributed by atoms with Crippen LogP contribution in [0.2, 0.25) is 0 Å². The van der Waals surface area contributed by atoms with Crippen molar-refractivity contribution < 1.29 is 14.3 Å². The second-order valence-electron chi connectivity index (χ2n) is 7.42. The summed E-state index contributed by atoms with van der Waals surface area (Å²) in [6.45, 7) is 8.01. The number of ether oxygens (including phenoxy) is 1. The second-order valence-corrected chi connectivity index (χ2v) is 7.42. The smallest absolute Gasteiger partial charge is 0.134 e. The van der Waals surface area contributed by atoms with Gasteiger partial charge in [-0.1, -0.05) is 18.2 Å². The molecule has 4 rings (SSSR count). The van der Waals surface area contributed by atoms with Crippen LogP contribution in [0, 0.1) is 6.92 Å². The molecule has 2 saturated heterocycles. The van der Waals surface area contributed by atoms with E-state index in [1.165, 1.54) is 5.56 Å². The standard InChI is InChI=1S/C21H28N2O3/c1-16-5-6-21(26-16)18-4-2-3-17(13-18)14-22-8-7-19(20(24)15-22)23-9-11-25-12-10-23/h2-6,13,19-20,24H,7-12,14-15H2,1H3/t19-,20-/m1/s1. The van der Waals surface area contributed by atoms with Crippen LogP contribution in [0.4, 0.5) is 0 Å². The number of morpholine rings is 1. The molecule has 2 aromatic rings. The van der Waals surface area contributed by atoms with E-state index in [1.807, 2.05) is 19.1 Å². The number of benzene rings is 1. The van der Waals surface area contributed by atoms with Crippen molar-refractivity contribution in [3.05, 3.63) is 47.7 Å². The number of aliphatic hydroxyl groups excluding tert-OH is 1. The summed E-state index contributed by atoms with van der Waals surface area (Å²) in [6.07, 6.45) is 0.718. The zero-order valence-corrected chi connectivity index (χ0v) is 15.4. The number of hydrogen-bond donors (Lipinski definition) is 1. The summed E-state index contributed by atoms with van der Waals surface area (Å²) in [5.74, 6) is 1.84. The number of furan rings is 1. The Morgan fingerprint density at radius 1 is 1.12 bits per heavy atom. The topological polar surface area (TPSA) is 49.1 Å². The van der Waals surface area contributed by atoms with E-state index in [0.717, 1.165) is 69.4 Å². The van der Waals surface area contributed by atoms with Gasteiger partial charge in [0.25, 0.3) is 0 Å². The Morgan fingerprint density at radius 2 is 1.96 bits per heavy atom. The third-order valence-electron chi connectivity index (χ3n) is 5.50. The SMILES string of the molecule is Cc1ccc(-c2cccc(CN3CC[C@@H](N4CCOCC4)[C@H](O)C3)c2)o1. The van der Waals surface area contributed by atoms with E-state index in [2.05, 4.69) is 34.1 Å². The van der Waals surface area contributed by atoms with Gasteiger partial charge >= 0.3 is 0 Å². The van der Waals surface area contributed by atoms with Crippen molar-refractivity contribution in [2.45, 2.75) is 32.0 Å². The number of rotatable bonds is 4. The summed E-state index contributed by atoms with van der Waals surface area (Å²) in [6, 6.07) is 12.8. The highest BCUT2D eigenvalue weighted by atomic mass is 16.5. The average Bonchev–Trinajstić information content (AvgIpc) is 3.09. The van der Waals surface area contributed by atoms with Crippen LogP contribution in [0.3, 0.4) is 0 Å². The first-order valence-electron chi connectivity index (χ1n) is 9.57. The summed E-state index contributed by atoms with van der Waals surface area (Å²) in [5.41, 5.74) is 2.37. The molecule has 1 aromatic carbocycles. The van der Waals surface area contributed by atoms with Gasteiger partial charge in [0.05, 0.1) is 19.3 Å². The minimum absolute atomic E-state index is 0.271. The Bertz CT molecular complexity index is 724. The van der Waals surface area contributed by atoms with Crippen LogP contribution >= 0.6 is 0 Å². The summed E-state index contributed by atoms with van der Waals surface area (Å²) in [7, 11) is 0. The zero-order chi connectivity index (χ0) is 17.9. The van der Waals surface area contributed by atoms with Crippen LogP contribution < -0.4 is 0 Å².